The maximum Gasteiger partial charge on any atom is 0.228 e. The van der Waals surface area contributed by atoms with Crippen molar-refractivity contribution in [2.45, 2.75) is 27.2 Å². The third kappa shape index (κ3) is 3.75. The highest BCUT2D eigenvalue weighted by Crippen LogP contribution is 2.12. The van der Waals surface area contributed by atoms with Crippen LogP contribution in [-0.4, -0.2) is 21.0 Å². The van der Waals surface area contributed by atoms with Gasteiger partial charge in [0, 0.05) is 17.5 Å². The number of ketones is 1. The van der Waals surface area contributed by atoms with Crippen molar-refractivity contribution in [2.24, 2.45) is 5.92 Å². The molecule has 0 saturated heterocycles. The molecule has 5 nitrogen and oxygen atoms in total. The number of nitrogens with one attached hydrogen (secondary N) is 1. The Bertz CT molecular complexity index is 373. The van der Waals surface area contributed by atoms with Gasteiger partial charge in [-0.1, -0.05) is 13.8 Å². The van der Waals surface area contributed by atoms with Crippen LogP contribution in [0.15, 0.2) is 0 Å². The summed E-state index contributed by atoms with van der Waals surface area (Å²) in [5.74, 6) is 0.284. The summed E-state index contributed by atoms with van der Waals surface area (Å²) >= 11 is 1.09. The molecule has 0 spiro atoms. The molecule has 0 saturated carbocycles. The summed E-state index contributed by atoms with van der Waals surface area (Å²) in [5, 5.41) is 3.08. The van der Waals surface area contributed by atoms with Gasteiger partial charge in [-0.3, -0.25) is 9.59 Å². The highest BCUT2D eigenvalue weighted by atomic mass is 32.1. The summed E-state index contributed by atoms with van der Waals surface area (Å²) in [5.41, 5.74) is 0. The van der Waals surface area contributed by atoms with E-state index in [1.165, 1.54) is 6.92 Å². The van der Waals surface area contributed by atoms with Crippen molar-refractivity contribution in [1.82, 2.24) is 9.36 Å². The van der Waals surface area contributed by atoms with Gasteiger partial charge in [0.15, 0.2) is 5.82 Å². The number of hydrogen-bond donors (Lipinski definition) is 1. The van der Waals surface area contributed by atoms with Crippen LogP contribution in [0.25, 0.3) is 0 Å². The first-order chi connectivity index (χ1) is 6.99. The number of Topliss-reactive ketones (excluding diaryl/α,β-unsaturated/α-hetero) is 1. The second-order valence-electron chi connectivity index (χ2n) is 3.54. The molecule has 82 valence electrons. The van der Waals surface area contributed by atoms with Crippen LogP contribution in [-0.2, 0) is 16.0 Å². The van der Waals surface area contributed by atoms with Crippen LogP contribution in [0.3, 0.4) is 0 Å². The molecule has 0 bridgehead atoms. The number of nitrogens with zero attached hydrogens (tertiary/aromatic N) is 2. The third-order valence-electron chi connectivity index (χ3n) is 1.63. The first-order valence-electron chi connectivity index (χ1n) is 4.62. The van der Waals surface area contributed by atoms with Crippen LogP contribution in [0, 0.1) is 5.92 Å². The highest BCUT2D eigenvalue weighted by Gasteiger charge is 2.11. The van der Waals surface area contributed by atoms with E-state index in [0.29, 0.717) is 11.0 Å². The van der Waals surface area contributed by atoms with E-state index < -0.39 is 0 Å². The predicted molar refractivity (Wildman–Crippen MR) is 57.8 cm³/mol. The molecule has 0 aliphatic carbocycles. The molecule has 1 amide bonds. The van der Waals surface area contributed by atoms with Crippen molar-refractivity contribution in [3.05, 3.63) is 5.82 Å². The highest BCUT2D eigenvalue weighted by molar-refractivity contribution is 7.09. The molecule has 0 fully saturated rings. The van der Waals surface area contributed by atoms with Crippen molar-refractivity contribution in [2.75, 3.05) is 5.32 Å². The second-order valence-corrected chi connectivity index (χ2v) is 4.29. The molecule has 0 aliphatic rings. The number of hydrogen-bond acceptors (Lipinski definition) is 5. The molecule has 0 aliphatic heterocycles. The predicted octanol–water partition coefficient (Wildman–Crippen LogP) is 1.26. The average molecular weight is 227 g/mol. The Labute approximate surface area is 92.1 Å². The second kappa shape index (κ2) is 4.97. The van der Waals surface area contributed by atoms with Gasteiger partial charge in [-0.2, -0.15) is 4.37 Å². The fraction of sp³-hybridized carbons (Fsp3) is 0.556. The summed E-state index contributed by atoms with van der Waals surface area (Å²) in [6.45, 7) is 5.08. The molecule has 1 aromatic heterocycles. The summed E-state index contributed by atoms with van der Waals surface area (Å²) in [7, 11) is 0. The van der Waals surface area contributed by atoms with Crippen molar-refractivity contribution in [3.63, 3.8) is 0 Å². The van der Waals surface area contributed by atoms with Gasteiger partial charge < -0.3 is 5.32 Å². The van der Waals surface area contributed by atoms with E-state index >= 15 is 0 Å². The lowest BCUT2D eigenvalue weighted by Crippen LogP contribution is -2.17. The van der Waals surface area contributed by atoms with Crippen LogP contribution in [0.1, 0.15) is 26.6 Å². The van der Waals surface area contributed by atoms with Crippen LogP contribution < -0.4 is 5.32 Å². The molecule has 1 rings (SSSR count). The molecule has 0 atom stereocenters. The number of rotatable bonds is 4. The fourth-order valence-electron chi connectivity index (χ4n) is 0.849. The van der Waals surface area contributed by atoms with E-state index in [9.17, 15) is 9.59 Å². The van der Waals surface area contributed by atoms with Crippen molar-refractivity contribution in [1.29, 1.82) is 0 Å². The first kappa shape index (κ1) is 11.8. The average Bonchev–Trinajstić information content (AvgIpc) is 2.51. The molecule has 6 heteroatoms. The minimum absolute atomic E-state index is 0.00883. The summed E-state index contributed by atoms with van der Waals surface area (Å²) in [6, 6.07) is 0. The van der Waals surface area contributed by atoms with E-state index in [-0.39, 0.29) is 24.0 Å². The van der Waals surface area contributed by atoms with Gasteiger partial charge >= 0.3 is 0 Å². The van der Waals surface area contributed by atoms with Gasteiger partial charge in [0.2, 0.25) is 11.0 Å². The maximum atomic E-state index is 11.3. The Morgan fingerprint density at radius 3 is 2.67 bits per heavy atom. The van der Waals surface area contributed by atoms with E-state index in [1.807, 2.05) is 0 Å². The fourth-order valence-corrected chi connectivity index (χ4v) is 1.44. The van der Waals surface area contributed by atoms with Gasteiger partial charge in [-0.25, -0.2) is 4.98 Å². The van der Waals surface area contributed by atoms with Gasteiger partial charge in [-0.15, -0.1) is 0 Å². The van der Waals surface area contributed by atoms with Crippen molar-refractivity contribution < 1.29 is 9.59 Å². The molecule has 0 radical (unpaired) electrons. The van der Waals surface area contributed by atoms with Crippen molar-refractivity contribution in [3.8, 4) is 0 Å². The van der Waals surface area contributed by atoms with E-state index in [4.69, 9.17) is 0 Å². The molecule has 0 unspecified atom stereocenters. The van der Waals surface area contributed by atoms with Crippen LogP contribution >= 0.6 is 11.5 Å². The minimum Gasteiger partial charge on any atom is -0.301 e. The Balaban J connectivity index is 2.60. The SMILES string of the molecule is CC(=O)Cc1nsc(NC(=O)C(C)C)n1. The van der Waals surface area contributed by atoms with Gasteiger partial charge in [-0.05, 0) is 6.92 Å². The molecule has 15 heavy (non-hydrogen) atoms. The Morgan fingerprint density at radius 2 is 2.13 bits per heavy atom. The minimum atomic E-state index is -0.0967. The molecular weight excluding hydrogens is 214 g/mol. The number of carbonyl (C=O) groups excluding carboxylic acids is 2. The summed E-state index contributed by atoms with van der Waals surface area (Å²) < 4.78 is 3.96. The van der Waals surface area contributed by atoms with Gasteiger partial charge in [0.05, 0.1) is 6.42 Å². The van der Waals surface area contributed by atoms with Crippen LogP contribution in [0.5, 0.6) is 0 Å². The van der Waals surface area contributed by atoms with Crippen LogP contribution in [0.2, 0.25) is 0 Å². The third-order valence-corrected chi connectivity index (χ3v) is 2.30. The Kier molecular flexibility index (Phi) is 3.90. The summed E-state index contributed by atoms with van der Waals surface area (Å²) in [6.07, 6.45) is 0.216. The van der Waals surface area contributed by atoms with E-state index in [1.54, 1.807) is 13.8 Å². The smallest absolute Gasteiger partial charge is 0.228 e. The monoisotopic (exact) mass is 227 g/mol. The number of aromatic nitrogens is 2. The lowest BCUT2D eigenvalue weighted by Gasteiger charge is -2.02. The first-order valence-corrected chi connectivity index (χ1v) is 5.39. The zero-order valence-electron chi connectivity index (χ0n) is 8.90. The van der Waals surface area contributed by atoms with Crippen molar-refractivity contribution >= 4 is 28.4 Å². The molecule has 0 aromatic carbocycles. The Morgan fingerprint density at radius 1 is 1.47 bits per heavy atom. The van der Waals surface area contributed by atoms with Gasteiger partial charge in [0.1, 0.15) is 5.78 Å². The number of amides is 1. The lowest BCUT2D eigenvalue weighted by atomic mass is 10.2. The molecule has 1 heterocycles. The Hall–Kier alpha value is -1.30. The largest absolute Gasteiger partial charge is 0.301 e. The molecular formula is C9H13N3O2S. The quantitative estimate of drug-likeness (QED) is 0.840. The van der Waals surface area contributed by atoms with E-state index in [2.05, 4.69) is 14.7 Å². The van der Waals surface area contributed by atoms with Crippen LogP contribution in [0.4, 0.5) is 5.13 Å². The maximum absolute atomic E-state index is 11.3. The topological polar surface area (TPSA) is 72.0 Å². The number of anilines is 1. The summed E-state index contributed by atoms with van der Waals surface area (Å²) in [4.78, 5) is 26.1. The number of carbonyl (C=O) groups is 2. The molecule has 1 N–H and O–H groups in total. The zero-order valence-corrected chi connectivity index (χ0v) is 9.72. The molecule has 1 aromatic rings. The standard InChI is InChI=1S/C9H13N3O2S/c1-5(2)8(14)11-9-10-7(12-15-9)4-6(3)13/h5H,4H2,1-3H3,(H,10,11,12,14). The lowest BCUT2D eigenvalue weighted by molar-refractivity contribution is -0.119. The van der Waals surface area contributed by atoms with E-state index in [0.717, 1.165) is 11.5 Å². The zero-order chi connectivity index (χ0) is 11.4. The normalized spacial score (nSPS) is 10.4. The van der Waals surface area contributed by atoms with Gasteiger partial charge in [0.25, 0.3) is 0 Å².